The van der Waals surface area contributed by atoms with Gasteiger partial charge in [0, 0.05) is 17.6 Å². The maximum absolute atomic E-state index is 13.9. The Bertz CT molecular complexity index is 796. The van der Waals surface area contributed by atoms with Crippen LogP contribution in [0.25, 0.3) is 0 Å². The third-order valence-corrected chi connectivity index (χ3v) is 4.25. The molecular formula is C18H18ClFN2O3. The Morgan fingerprint density at radius 3 is 2.76 bits per heavy atom. The Labute approximate surface area is 150 Å². The Morgan fingerprint density at radius 2 is 2.12 bits per heavy atom. The number of hydrogen-bond acceptors (Lipinski definition) is 3. The number of benzene rings is 2. The molecule has 2 aromatic carbocycles. The molecule has 0 bridgehead atoms. The Morgan fingerprint density at radius 1 is 1.36 bits per heavy atom. The normalized spacial score (nSPS) is 13.4. The molecule has 2 N–H and O–H groups in total. The highest BCUT2D eigenvalue weighted by Gasteiger charge is 2.33. The van der Waals surface area contributed by atoms with Crippen LogP contribution in [0.15, 0.2) is 36.4 Å². The molecule has 0 unspecified atom stereocenters. The summed E-state index contributed by atoms with van der Waals surface area (Å²) in [5, 5.41) is 12.5. The number of carbonyl (C=O) groups is 1. The highest BCUT2D eigenvalue weighted by atomic mass is 35.5. The number of aromatic hydroxyl groups is 1. The van der Waals surface area contributed by atoms with Crippen LogP contribution in [0.4, 0.5) is 14.9 Å². The molecule has 0 spiro atoms. The van der Waals surface area contributed by atoms with Crippen molar-refractivity contribution in [2.45, 2.75) is 25.4 Å². The predicted octanol–water partition coefficient (Wildman–Crippen LogP) is 4.39. The number of hydrogen-bond donors (Lipinski definition) is 2. The molecule has 132 valence electrons. The van der Waals surface area contributed by atoms with Gasteiger partial charge in [-0.2, -0.15) is 0 Å². The Balaban J connectivity index is 1.75. The summed E-state index contributed by atoms with van der Waals surface area (Å²) in [5.41, 5.74) is 0.900. The quantitative estimate of drug-likeness (QED) is 0.827. The zero-order valence-electron chi connectivity index (χ0n) is 13.6. The van der Waals surface area contributed by atoms with Gasteiger partial charge in [0.15, 0.2) is 11.5 Å². The smallest absolute Gasteiger partial charge is 0.322 e. The molecule has 1 fully saturated rings. The van der Waals surface area contributed by atoms with E-state index in [9.17, 15) is 14.3 Å². The van der Waals surface area contributed by atoms with Crippen molar-refractivity contribution in [2.75, 3.05) is 12.4 Å². The second-order valence-electron chi connectivity index (χ2n) is 5.92. The van der Waals surface area contributed by atoms with Crippen molar-refractivity contribution in [3.8, 4) is 11.5 Å². The topological polar surface area (TPSA) is 61.8 Å². The summed E-state index contributed by atoms with van der Waals surface area (Å²) >= 11 is 5.73. The van der Waals surface area contributed by atoms with E-state index in [1.807, 2.05) is 0 Å². The number of amides is 2. The van der Waals surface area contributed by atoms with Crippen LogP contribution in [0.1, 0.15) is 18.4 Å². The number of carbonyl (C=O) groups excluding carboxylic acids is 1. The standard InChI is InChI=1S/C18H18ClFN2O3/c1-25-17-8-11(2-7-16(17)23)10-22(13-4-5-13)18(24)21-15-6-3-12(19)9-14(15)20/h2-3,6-9,13,23H,4-5,10H2,1H3,(H,21,24). The Hall–Kier alpha value is -2.47. The second-order valence-corrected chi connectivity index (χ2v) is 6.36. The van der Waals surface area contributed by atoms with Crippen molar-refractivity contribution < 1.29 is 19.0 Å². The van der Waals surface area contributed by atoms with E-state index in [2.05, 4.69) is 5.32 Å². The van der Waals surface area contributed by atoms with Gasteiger partial charge in [-0.05, 0) is 48.7 Å². The van der Waals surface area contributed by atoms with Crippen LogP contribution in [-0.2, 0) is 6.54 Å². The fourth-order valence-corrected chi connectivity index (χ4v) is 2.71. The first-order chi connectivity index (χ1) is 12.0. The zero-order valence-corrected chi connectivity index (χ0v) is 14.4. The van der Waals surface area contributed by atoms with Crippen molar-refractivity contribution in [1.29, 1.82) is 0 Å². The van der Waals surface area contributed by atoms with Crippen LogP contribution in [0, 0.1) is 5.82 Å². The minimum Gasteiger partial charge on any atom is -0.504 e. The van der Waals surface area contributed by atoms with Crippen LogP contribution in [-0.4, -0.2) is 29.2 Å². The van der Waals surface area contributed by atoms with Crippen molar-refractivity contribution in [3.05, 3.63) is 52.8 Å². The zero-order chi connectivity index (χ0) is 18.0. The molecule has 0 aliphatic heterocycles. The number of phenolic OH excluding ortho intramolecular Hbond substituents is 1. The summed E-state index contributed by atoms with van der Waals surface area (Å²) in [6.45, 7) is 0.336. The lowest BCUT2D eigenvalue weighted by molar-refractivity contribution is 0.206. The minimum absolute atomic E-state index is 0.0388. The predicted molar refractivity (Wildman–Crippen MR) is 93.7 cm³/mol. The second kappa shape index (κ2) is 7.19. The third-order valence-electron chi connectivity index (χ3n) is 4.02. The number of rotatable bonds is 5. The number of phenols is 1. The van der Waals surface area contributed by atoms with E-state index in [1.165, 1.54) is 25.3 Å². The summed E-state index contributed by atoms with van der Waals surface area (Å²) < 4.78 is 19.0. The van der Waals surface area contributed by atoms with E-state index in [0.29, 0.717) is 12.3 Å². The molecule has 1 saturated carbocycles. The number of halogens is 2. The number of nitrogens with zero attached hydrogens (tertiary/aromatic N) is 1. The largest absolute Gasteiger partial charge is 0.504 e. The summed E-state index contributed by atoms with van der Waals surface area (Å²) in [5.74, 6) is -0.197. The van der Waals surface area contributed by atoms with Crippen LogP contribution >= 0.6 is 11.6 Å². The SMILES string of the molecule is COc1cc(CN(C(=O)Nc2ccc(Cl)cc2F)C2CC2)ccc1O. The van der Waals surface area contributed by atoms with E-state index in [-0.39, 0.29) is 28.5 Å². The number of methoxy groups -OCH3 is 1. The van der Waals surface area contributed by atoms with Gasteiger partial charge in [0.2, 0.25) is 0 Å². The van der Waals surface area contributed by atoms with E-state index < -0.39 is 5.82 Å². The lowest BCUT2D eigenvalue weighted by atomic mass is 10.2. The average molecular weight is 365 g/mol. The van der Waals surface area contributed by atoms with Gasteiger partial charge in [-0.25, -0.2) is 9.18 Å². The monoisotopic (exact) mass is 364 g/mol. The van der Waals surface area contributed by atoms with E-state index >= 15 is 0 Å². The molecular weight excluding hydrogens is 347 g/mol. The van der Waals surface area contributed by atoms with Gasteiger partial charge < -0.3 is 20.1 Å². The lowest BCUT2D eigenvalue weighted by Crippen LogP contribution is -2.36. The summed E-state index contributed by atoms with van der Waals surface area (Å²) in [6, 6.07) is 8.78. The van der Waals surface area contributed by atoms with Crippen molar-refractivity contribution in [3.63, 3.8) is 0 Å². The fraction of sp³-hybridized carbons (Fsp3) is 0.278. The molecule has 0 heterocycles. The van der Waals surface area contributed by atoms with Crippen LogP contribution < -0.4 is 10.1 Å². The third kappa shape index (κ3) is 4.14. The molecule has 2 aromatic rings. The molecule has 1 aliphatic rings. The summed E-state index contributed by atoms with van der Waals surface area (Å²) in [7, 11) is 1.47. The number of ether oxygens (including phenoxy) is 1. The molecule has 0 atom stereocenters. The highest BCUT2D eigenvalue weighted by molar-refractivity contribution is 6.30. The van der Waals surface area contributed by atoms with E-state index in [1.54, 1.807) is 17.0 Å². The number of nitrogens with one attached hydrogen (secondary N) is 1. The molecule has 25 heavy (non-hydrogen) atoms. The Kier molecular flexibility index (Phi) is 4.99. The average Bonchev–Trinajstić information content (AvgIpc) is 3.41. The van der Waals surface area contributed by atoms with Crippen LogP contribution in [0.5, 0.6) is 11.5 Å². The van der Waals surface area contributed by atoms with Crippen LogP contribution in [0.2, 0.25) is 5.02 Å². The summed E-state index contributed by atoms with van der Waals surface area (Å²) in [6.07, 6.45) is 1.82. The highest BCUT2D eigenvalue weighted by Crippen LogP contribution is 2.32. The first-order valence-corrected chi connectivity index (χ1v) is 8.24. The molecule has 0 saturated heterocycles. The van der Waals surface area contributed by atoms with Gasteiger partial charge in [-0.1, -0.05) is 17.7 Å². The van der Waals surface area contributed by atoms with Crippen LogP contribution in [0.3, 0.4) is 0 Å². The van der Waals surface area contributed by atoms with Gasteiger partial charge in [0.1, 0.15) is 5.82 Å². The minimum atomic E-state index is -0.581. The number of anilines is 1. The van der Waals surface area contributed by atoms with Gasteiger partial charge in [-0.3, -0.25) is 0 Å². The first-order valence-electron chi connectivity index (χ1n) is 7.86. The lowest BCUT2D eigenvalue weighted by Gasteiger charge is -2.23. The summed E-state index contributed by atoms with van der Waals surface area (Å²) in [4.78, 5) is 14.2. The molecule has 2 amide bonds. The fourth-order valence-electron chi connectivity index (χ4n) is 2.55. The first kappa shape index (κ1) is 17.4. The molecule has 3 rings (SSSR count). The van der Waals surface area contributed by atoms with E-state index in [0.717, 1.165) is 24.5 Å². The maximum Gasteiger partial charge on any atom is 0.322 e. The van der Waals surface area contributed by atoms with Gasteiger partial charge in [0.05, 0.1) is 12.8 Å². The molecule has 0 aromatic heterocycles. The molecule has 5 nitrogen and oxygen atoms in total. The van der Waals surface area contributed by atoms with Crippen molar-refractivity contribution in [1.82, 2.24) is 4.90 Å². The molecule has 1 aliphatic carbocycles. The maximum atomic E-state index is 13.9. The van der Waals surface area contributed by atoms with Crippen molar-refractivity contribution in [2.24, 2.45) is 0 Å². The molecule has 7 heteroatoms. The van der Waals surface area contributed by atoms with Gasteiger partial charge in [-0.15, -0.1) is 0 Å². The number of urea groups is 1. The van der Waals surface area contributed by atoms with E-state index in [4.69, 9.17) is 16.3 Å². The molecule has 0 radical (unpaired) electrons. The van der Waals surface area contributed by atoms with Gasteiger partial charge in [0.25, 0.3) is 0 Å². The van der Waals surface area contributed by atoms with Gasteiger partial charge >= 0.3 is 6.03 Å². The van der Waals surface area contributed by atoms with Crippen molar-refractivity contribution >= 4 is 23.3 Å².